The molecule has 0 aliphatic heterocycles. The van der Waals surface area contributed by atoms with Gasteiger partial charge in [-0.05, 0) is 24.4 Å². The zero-order chi connectivity index (χ0) is 13.9. The first-order chi connectivity index (χ1) is 9.75. The molecule has 6 N–H and O–H groups in total. The van der Waals surface area contributed by atoms with Crippen LogP contribution in [0.1, 0.15) is 0 Å². The van der Waals surface area contributed by atoms with Crippen LogP contribution in [0.3, 0.4) is 0 Å². The molecular weight excluding hydrogens is 491 g/mol. The van der Waals surface area contributed by atoms with Crippen LogP contribution in [0.2, 0.25) is 0 Å². The van der Waals surface area contributed by atoms with E-state index in [4.69, 9.17) is 24.4 Å². The van der Waals surface area contributed by atoms with Gasteiger partial charge >= 0.3 is 21.1 Å². The van der Waals surface area contributed by atoms with Crippen molar-refractivity contribution in [2.75, 3.05) is 0 Å². The Bertz CT molecular complexity index is 888. The number of hydrogen-bond acceptors (Lipinski definition) is 4. The van der Waals surface area contributed by atoms with Gasteiger partial charge in [0.2, 0.25) is 33.2 Å². The molecule has 0 bridgehead atoms. The van der Waals surface area contributed by atoms with Gasteiger partial charge in [0.25, 0.3) is 0 Å². The maximum atomic E-state index is 4.96. The van der Waals surface area contributed by atoms with E-state index in [-0.39, 0.29) is 21.1 Å². The van der Waals surface area contributed by atoms with Crippen molar-refractivity contribution in [1.82, 2.24) is 29.9 Å². The molecule has 0 unspecified atom stereocenters. The van der Waals surface area contributed by atoms with Gasteiger partial charge in [-0.3, -0.25) is 0 Å². The molecule has 0 aliphatic carbocycles. The summed E-state index contributed by atoms with van der Waals surface area (Å²) < 4.78 is 1.34. The van der Waals surface area contributed by atoms with Crippen LogP contribution in [-0.2, 0) is 21.1 Å². The summed E-state index contributed by atoms with van der Waals surface area (Å²) in [6, 6.07) is 0. The van der Waals surface area contributed by atoms with Crippen LogP contribution in [0.15, 0.2) is 25.3 Å². The van der Waals surface area contributed by atoms with Crippen LogP contribution in [0.25, 0.3) is 22.3 Å². The van der Waals surface area contributed by atoms with Crippen molar-refractivity contribution in [3.8, 4) is 0 Å². The first kappa shape index (κ1) is 15.6. The van der Waals surface area contributed by atoms with Gasteiger partial charge in [-0.25, -0.2) is 19.9 Å². The number of rotatable bonds is 0. The zero-order valence-electron chi connectivity index (χ0n) is 10.3. The monoisotopic (exact) mass is 501 g/mol. The van der Waals surface area contributed by atoms with E-state index in [0.29, 0.717) is 9.28 Å². The minimum atomic E-state index is 0. The van der Waals surface area contributed by atoms with Crippen molar-refractivity contribution < 1.29 is 31.0 Å². The molecule has 106 valence electrons. The predicted molar refractivity (Wildman–Crippen MR) is 75.7 cm³/mol. The number of hydrogen-bond donors (Lipinski definition) is 4. The maximum Gasteiger partial charge on any atom is 4.00 e. The van der Waals surface area contributed by atoms with Crippen molar-refractivity contribution in [2.45, 2.75) is 0 Å². The molecule has 0 spiro atoms. The second kappa shape index (κ2) is 6.79. The summed E-state index contributed by atoms with van der Waals surface area (Å²) in [5.41, 5.74) is 3.25. The number of nitrogens with one attached hydrogen (secondary N) is 6. The van der Waals surface area contributed by atoms with Crippen LogP contribution < -0.4 is 9.97 Å². The molecule has 0 amide bonds. The van der Waals surface area contributed by atoms with Crippen LogP contribution in [-0.4, -0.2) is 29.9 Å². The van der Waals surface area contributed by atoms with E-state index >= 15 is 0 Å². The van der Waals surface area contributed by atoms with Crippen LogP contribution in [0, 0.1) is 9.28 Å². The molecule has 0 saturated heterocycles. The van der Waals surface area contributed by atoms with E-state index in [1.807, 2.05) is 0 Å². The molecule has 8 nitrogen and oxygen atoms in total. The quantitative estimate of drug-likeness (QED) is 0.268. The van der Waals surface area contributed by atoms with E-state index in [1.165, 1.54) is 0 Å². The Morgan fingerprint density at radius 3 is 1.57 bits per heavy atom. The molecule has 4 rings (SSSR count). The summed E-state index contributed by atoms with van der Waals surface area (Å²) in [5, 5.41) is 0. The summed E-state index contributed by atoms with van der Waals surface area (Å²) in [5.74, 6) is 0. The third-order valence-electron chi connectivity index (χ3n) is 2.56. The van der Waals surface area contributed by atoms with E-state index < -0.39 is 0 Å². The van der Waals surface area contributed by atoms with Gasteiger partial charge in [0.05, 0.1) is 12.7 Å². The molecule has 0 atom stereocenters. The maximum absolute atomic E-state index is 4.96. The molecule has 0 fully saturated rings. The third kappa shape index (κ3) is 3.28. The van der Waals surface area contributed by atoms with Crippen molar-refractivity contribution in [3.05, 3.63) is 34.6 Å². The summed E-state index contributed by atoms with van der Waals surface area (Å²) >= 11 is 9.92. The SMILES string of the molecule is S=c1[nH+]c[nH]c2nc[nH]c12.S=c1[nH+]c[nH]c2nc[nH]c12.[Pt+4]. The standard InChI is InChI=1S/2C5H4N4S.Pt/c2*10-5-3-4(7-1-6-3)8-2-9-5;/h2*1-2H,(H2,6,7,8,9,10);/q;;+4/p+2. The number of aromatic nitrogens is 8. The van der Waals surface area contributed by atoms with Crippen LogP contribution in [0.4, 0.5) is 0 Å². The minimum Gasteiger partial charge on any atom is -0.337 e. The summed E-state index contributed by atoms with van der Waals surface area (Å²) in [6.45, 7) is 0. The van der Waals surface area contributed by atoms with Gasteiger partial charge in [-0.15, -0.1) is 0 Å². The molecule has 4 heterocycles. The van der Waals surface area contributed by atoms with Crippen molar-refractivity contribution in [1.29, 1.82) is 0 Å². The largest absolute Gasteiger partial charge is 4.00 e. The average Bonchev–Trinajstić information content (AvgIpc) is 3.08. The number of aromatic amines is 6. The molecule has 4 aromatic rings. The van der Waals surface area contributed by atoms with Gasteiger partial charge in [0.15, 0.2) is 11.0 Å². The third-order valence-corrected chi connectivity index (χ3v) is 3.20. The molecule has 0 aliphatic rings. The Labute approximate surface area is 142 Å². The van der Waals surface area contributed by atoms with Gasteiger partial charge in [0.1, 0.15) is 0 Å². The van der Waals surface area contributed by atoms with Crippen molar-refractivity contribution >= 4 is 46.8 Å². The zero-order valence-corrected chi connectivity index (χ0v) is 14.2. The second-order valence-electron chi connectivity index (χ2n) is 3.78. The Morgan fingerprint density at radius 1 is 0.762 bits per heavy atom. The van der Waals surface area contributed by atoms with E-state index in [9.17, 15) is 0 Å². The van der Waals surface area contributed by atoms with Gasteiger partial charge in [-0.1, -0.05) is 0 Å². The number of nitrogens with zero attached hydrogens (tertiary/aromatic N) is 2. The first-order valence-electron chi connectivity index (χ1n) is 5.60. The minimum absolute atomic E-state index is 0. The van der Waals surface area contributed by atoms with Gasteiger partial charge in [0, 0.05) is 0 Å². The molecule has 21 heavy (non-hydrogen) atoms. The Morgan fingerprint density at radius 2 is 1.19 bits per heavy atom. The molecule has 0 aromatic carbocycles. The number of H-pyrrole nitrogens is 6. The predicted octanol–water partition coefficient (Wildman–Crippen LogP) is 0.867. The number of imidazole rings is 2. The summed E-state index contributed by atoms with van der Waals surface area (Å²) in [7, 11) is 0. The van der Waals surface area contributed by atoms with E-state index in [1.54, 1.807) is 25.3 Å². The molecule has 4 aromatic heterocycles. The fourth-order valence-corrected chi connectivity index (χ4v) is 2.07. The molecule has 11 heteroatoms. The fraction of sp³-hybridized carbons (Fsp3) is 0. The first-order valence-corrected chi connectivity index (χ1v) is 6.42. The summed E-state index contributed by atoms with van der Waals surface area (Å²) in [6.07, 6.45) is 6.52. The normalized spacial score (nSPS) is 9.90. The molecular formula is C10H10N8PtS2+6. The van der Waals surface area contributed by atoms with Gasteiger partial charge < -0.3 is 9.97 Å². The smallest absolute Gasteiger partial charge is 0.337 e. The van der Waals surface area contributed by atoms with Gasteiger partial charge in [-0.2, -0.15) is 9.97 Å². The fourth-order valence-electron chi connectivity index (χ4n) is 1.64. The average molecular weight is 501 g/mol. The van der Waals surface area contributed by atoms with Crippen molar-refractivity contribution in [2.24, 2.45) is 0 Å². The topological polar surface area (TPSA) is 117 Å². The van der Waals surface area contributed by atoms with E-state index in [0.717, 1.165) is 22.3 Å². The Kier molecular flexibility index (Phi) is 5.05. The molecule has 0 radical (unpaired) electrons. The van der Waals surface area contributed by atoms with Crippen LogP contribution >= 0.6 is 24.4 Å². The second-order valence-corrected chi connectivity index (χ2v) is 4.59. The summed E-state index contributed by atoms with van der Waals surface area (Å²) in [4.78, 5) is 25.3. The Hall–Kier alpha value is -1.77. The van der Waals surface area contributed by atoms with Crippen LogP contribution in [0.5, 0.6) is 0 Å². The molecule has 0 saturated carbocycles. The Balaban J connectivity index is 0.000000147. The number of fused-ring (bicyclic) bond motifs is 2. The van der Waals surface area contributed by atoms with Crippen molar-refractivity contribution in [3.63, 3.8) is 0 Å². The van der Waals surface area contributed by atoms with E-state index in [2.05, 4.69) is 39.9 Å².